The van der Waals surface area contributed by atoms with Gasteiger partial charge in [0.05, 0.1) is 28.4 Å². The van der Waals surface area contributed by atoms with Crippen LogP contribution in [0.3, 0.4) is 0 Å². The molecule has 0 bridgehead atoms. The van der Waals surface area contributed by atoms with E-state index in [2.05, 4.69) is 14.8 Å². The van der Waals surface area contributed by atoms with E-state index in [0.29, 0.717) is 45.7 Å². The number of nitrogens with one attached hydrogen (secondary N) is 2. The van der Waals surface area contributed by atoms with Gasteiger partial charge in [0.25, 0.3) is 15.6 Å². The summed E-state index contributed by atoms with van der Waals surface area (Å²) in [5.41, 5.74) is 2.29. The minimum atomic E-state index is -3.78. The number of ether oxygens (including phenoxy) is 1. The SMILES string of the molecule is CCOc1ccc(NS(=O)(=O)c2ccc(N=Cc3c(C)[nH]n(-c4cccc(Cl)c4)c3=O)cc2)cc1. The van der Waals surface area contributed by atoms with Crippen LogP contribution in [0.4, 0.5) is 11.4 Å². The van der Waals surface area contributed by atoms with Gasteiger partial charge in [-0.3, -0.25) is 19.6 Å². The van der Waals surface area contributed by atoms with Gasteiger partial charge in [-0.1, -0.05) is 17.7 Å². The minimum Gasteiger partial charge on any atom is -0.494 e. The zero-order chi connectivity index (χ0) is 25.0. The highest BCUT2D eigenvalue weighted by atomic mass is 35.5. The number of aromatic nitrogens is 2. The van der Waals surface area contributed by atoms with Gasteiger partial charge in [-0.25, -0.2) is 13.1 Å². The van der Waals surface area contributed by atoms with Gasteiger partial charge in [0.1, 0.15) is 5.75 Å². The predicted molar refractivity (Wildman–Crippen MR) is 138 cm³/mol. The van der Waals surface area contributed by atoms with Crippen LogP contribution < -0.4 is 15.0 Å². The third-order valence-electron chi connectivity index (χ3n) is 5.09. The van der Waals surface area contributed by atoms with E-state index >= 15 is 0 Å². The molecule has 4 rings (SSSR count). The fourth-order valence-corrected chi connectivity index (χ4v) is 4.60. The number of nitrogens with zero attached hydrogens (tertiary/aromatic N) is 2. The average Bonchev–Trinajstić information content (AvgIpc) is 3.12. The normalized spacial score (nSPS) is 11.6. The summed E-state index contributed by atoms with van der Waals surface area (Å²) in [4.78, 5) is 17.3. The van der Waals surface area contributed by atoms with Crippen molar-refractivity contribution < 1.29 is 13.2 Å². The number of aryl methyl sites for hydroxylation is 1. The number of H-pyrrole nitrogens is 1. The van der Waals surface area contributed by atoms with Gasteiger partial charge in [0.2, 0.25) is 0 Å². The molecule has 0 fully saturated rings. The zero-order valence-corrected chi connectivity index (χ0v) is 20.6. The largest absolute Gasteiger partial charge is 0.494 e. The highest BCUT2D eigenvalue weighted by molar-refractivity contribution is 7.92. The van der Waals surface area contributed by atoms with E-state index in [1.807, 2.05) is 6.92 Å². The molecule has 0 saturated carbocycles. The Morgan fingerprint density at radius 2 is 1.80 bits per heavy atom. The Balaban J connectivity index is 1.50. The number of anilines is 1. The standard InChI is InChI=1S/C25H23ClN4O4S/c1-3-34-22-11-7-20(8-12-22)29-35(32,33)23-13-9-19(10-14-23)27-16-24-17(2)28-30(25(24)31)21-6-4-5-18(26)15-21/h4-16,28-29H,3H2,1-2H3. The molecule has 8 nitrogen and oxygen atoms in total. The minimum absolute atomic E-state index is 0.0893. The van der Waals surface area contributed by atoms with Crippen LogP contribution in [0.15, 0.2) is 87.5 Å². The van der Waals surface area contributed by atoms with Gasteiger partial charge in [-0.15, -0.1) is 0 Å². The second kappa shape index (κ2) is 10.2. The first-order valence-electron chi connectivity index (χ1n) is 10.7. The maximum Gasteiger partial charge on any atom is 0.280 e. The van der Waals surface area contributed by atoms with Gasteiger partial charge in [0.15, 0.2) is 0 Å². The summed E-state index contributed by atoms with van der Waals surface area (Å²) in [6, 6.07) is 19.7. The molecule has 180 valence electrons. The van der Waals surface area contributed by atoms with Crippen molar-refractivity contribution in [3.63, 3.8) is 0 Å². The first-order valence-corrected chi connectivity index (χ1v) is 12.6. The van der Waals surface area contributed by atoms with Crippen molar-refractivity contribution in [1.29, 1.82) is 0 Å². The molecule has 0 unspecified atom stereocenters. The molecule has 35 heavy (non-hydrogen) atoms. The van der Waals surface area contributed by atoms with Crippen molar-refractivity contribution in [3.8, 4) is 11.4 Å². The number of hydrogen-bond donors (Lipinski definition) is 2. The molecule has 1 heterocycles. The van der Waals surface area contributed by atoms with Crippen molar-refractivity contribution in [1.82, 2.24) is 9.78 Å². The lowest BCUT2D eigenvalue weighted by atomic mass is 10.2. The molecule has 0 saturated heterocycles. The third-order valence-corrected chi connectivity index (χ3v) is 6.72. The summed E-state index contributed by atoms with van der Waals surface area (Å²) in [7, 11) is -3.78. The van der Waals surface area contributed by atoms with Crippen LogP contribution in [-0.2, 0) is 10.0 Å². The molecule has 10 heteroatoms. The summed E-state index contributed by atoms with van der Waals surface area (Å²) < 4.78 is 34.7. The molecule has 0 aliphatic rings. The van der Waals surface area contributed by atoms with Crippen molar-refractivity contribution >= 4 is 39.2 Å². The lowest BCUT2D eigenvalue weighted by Crippen LogP contribution is -2.17. The molecule has 0 aliphatic heterocycles. The quantitative estimate of drug-likeness (QED) is 0.322. The first-order chi connectivity index (χ1) is 16.8. The fourth-order valence-electron chi connectivity index (χ4n) is 3.36. The average molecular weight is 511 g/mol. The van der Waals surface area contributed by atoms with Gasteiger partial charge in [-0.2, -0.15) is 0 Å². The molecule has 3 aromatic carbocycles. The summed E-state index contributed by atoms with van der Waals surface area (Å²) in [5, 5.41) is 3.53. The monoisotopic (exact) mass is 510 g/mol. The number of sulfonamides is 1. The lowest BCUT2D eigenvalue weighted by molar-refractivity contribution is 0.340. The molecule has 0 amide bonds. The number of hydrogen-bond acceptors (Lipinski definition) is 5. The predicted octanol–water partition coefficient (Wildman–Crippen LogP) is 5.08. The molecule has 0 spiro atoms. The van der Waals surface area contributed by atoms with E-state index in [-0.39, 0.29) is 10.5 Å². The van der Waals surface area contributed by atoms with Crippen LogP contribution in [0.5, 0.6) is 5.75 Å². The first kappa shape index (κ1) is 24.3. The number of benzene rings is 3. The maximum atomic E-state index is 12.8. The molecule has 4 aromatic rings. The van der Waals surface area contributed by atoms with E-state index in [1.54, 1.807) is 67.6 Å². The third kappa shape index (κ3) is 5.64. The van der Waals surface area contributed by atoms with Crippen LogP contribution in [0, 0.1) is 6.92 Å². The Morgan fingerprint density at radius 3 is 2.46 bits per heavy atom. The number of aliphatic imine (C=N–C) groups is 1. The van der Waals surface area contributed by atoms with Crippen LogP contribution in [0.25, 0.3) is 5.69 Å². The van der Waals surface area contributed by atoms with Gasteiger partial charge in [0, 0.05) is 22.6 Å². The number of aromatic amines is 1. The van der Waals surface area contributed by atoms with E-state index in [1.165, 1.54) is 23.0 Å². The van der Waals surface area contributed by atoms with Crippen molar-refractivity contribution in [2.45, 2.75) is 18.7 Å². The van der Waals surface area contributed by atoms with Crippen LogP contribution in [0.1, 0.15) is 18.2 Å². The molecular formula is C25H23ClN4O4S. The zero-order valence-electron chi connectivity index (χ0n) is 19.0. The van der Waals surface area contributed by atoms with Crippen LogP contribution in [-0.4, -0.2) is 31.0 Å². The molecule has 1 aromatic heterocycles. The lowest BCUT2D eigenvalue weighted by Gasteiger charge is -2.09. The summed E-state index contributed by atoms with van der Waals surface area (Å²) in [6.45, 7) is 4.17. The Morgan fingerprint density at radius 1 is 1.09 bits per heavy atom. The Kier molecular flexibility index (Phi) is 7.09. The maximum absolute atomic E-state index is 12.8. The highest BCUT2D eigenvalue weighted by Gasteiger charge is 2.15. The van der Waals surface area contributed by atoms with E-state index in [4.69, 9.17) is 16.3 Å². The molecule has 0 aliphatic carbocycles. The summed E-state index contributed by atoms with van der Waals surface area (Å²) in [6.07, 6.45) is 1.46. The Labute approximate surface area is 207 Å². The van der Waals surface area contributed by atoms with Crippen molar-refractivity contribution in [2.24, 2.45) is 4.99 Å². The summed E-state index contributed by atoms with van der Waals surface area (Å²) >= 11 is 6.03. The van der Waals surface area contributed by atoms with Crippen LogP contribution >= 0.6 is 11.6 Å². The molecule has 2 N–H and O–H groups in total. The number of rotatable bonds is 8. The Bertz CT molecular complexity index is 1520. The molecule has 0 atom stereocenters. The Hall–Kier alpha value is -3.82. The molecular weight excluding hydrogens is 488 g/mol. The van der Waals surface area contributed by atoms with Crippen molar-refractivity contribution in [2.75, 3.05) is 11.3 Å². The van der Waals surface area contributed by atoms with E-state index < -0.39 is 10.0 Å². The van der Waals surface area contributed by atoms with Gasteiger partial charge in [-0.05, 0) is 80.6 Å². The second-order valence-electron chi connectivity index (χ2n) is 7.59. The smallest absolute Gasteiger partial charge is 0.280 e. The van der Waals surface area contributed by atoms with Crippen molar-refractivity contribution in [3.05, 3.63) is 99.4 Å². The van der Waals surface area contributed by atoms with Gasteiger partial charge >= 0.3 is 0 Å². The van der Waals surface area contributed by atoms with Crippen LogP contribution in [0.2, 0.25) is 5.02 Å². The molecule has 0 radical (unpaired) electrons. The van der Waals surface area contributed by atoms with E-state index in [9.17, 15) is 13.2 Å². The van der Waals surface area contributed by atoms with Gasteiger partial charge < -0.3 is 4.74 Å². The topological polar surface area (TPSA) is 106 Å². The fraction of sp³-hybridized carbons (Fsp3) is 0.120. The van der Waals surface area contributed by atoms with E-state index in [0.717, 1.165) is 0 Å². The second-order valence-corrected chi connectivity index (χ2v) is 9.70. The number of halogens is 1. The highest BCUT2D eigenvalue weighted by Crippen LogP contribution is 2.22. The summed E-state index contributed by atoms with van der Waals surface area (Å²) in [5.74, 6) is 0.662.